The van der Waals surface area contributed by atoms with E-state index in [4.69, 9.17) is 4.74 Å². The minimum Gasteiger partial charge on any atom is -0.495 e. The zero-order chi connectivity index (χ0) is 7.68. The van der Waals surface area contributed by atoms with Crippen molar-refractivity contribution in [3.05, 3.63) is 36.2 Å². The molecule has 1 atom stereocenters. The van der Waals surface area contributed by atoms with Crippen molar-refractivity contribution in [2.75, 3.05) is 6.61 Å². The largest absolute Gasteiger partial charge is 0.495 e. The van der Waals surface area contributed by atoms with Gasteiger partial charge in [0.05, 0.1) is 6.61 Å². The van der Waals surface area contributed by atoms with E-state index in [0.717, 1.165) is 12.4 Å². The van der Waals surface area contributed by atoms with Gasteiger partial charge >= 0.3 is 0 Å². The molecule has 1 aromatic carbocycles. The number of hydrogen-bond donors (Lipinski definition) is 0. The highest BCUT2D eigenvalue weighted by molar-refractivity contribution is 5.40. The van der Waals surface area contributed by atoms with Crippen LogP contribution in [0.4, 0.5) is 0 Å². The molecule has 1 heteroatoms. The maximum absolute atomic E-state index is 5.47. The third kappa shape index (κ3) is 1.01. The van der Waals surface area contributed by atoms with E-state index >= 15 is 0 Å². The fourth-order valence-electron chi connectivity index (χ4n) is 1.46. The second-order valence-corrected chi connectivity index (χ2v) is 2.79. The summed E-state index contributed by atoms with van der Waals surface area (Å²) in [5, 5.41) is 0. The van der Waals surface area contributed by atoms with Crippen LogP contribution in [-0.4, -0.2) is 6.61 Å². The number of para-hydroxylation sites is 1. The highest BCUT2D eigenvalue weighted by Gasteiger charge is 2.14. The highest BCUT2D eigenvalue weighted by Crippen LogP contribution is 2.34. The van der Waals surface area contributed by atoms with Crippen molar-refractivity contribution in [1.29, 1.82) is 0 Å². The van der Waals surface area contributed by atoms with Gasteiger partial charge in [-0.15, -0.1) is 5.92 Å². The molecule has 0 saturated heterocycles. The van der Waals surface area contributed by atoms with Crippen molar-refractivity contribution in [3.63, 3.8) is 0 Å². The smallest absolute Gasteiger partial charge is 0.120 e. The van der Waals surface area contributed by atoms with E-state index < -0.39 is 0 Å². The lowest BCUT2D eigenvalue weighted by Gasteiger charge is -2.12. The van der Waals surface area contributed by atoms with Crippen LogP contribution in [0.5, 0.6) is 5.75 Å². The molecule has 1 aromatic rings. The fraction of sp³-hybridized carbons (Fsp3) is 0.300. The summed E-state index contributed by atoms with van der Waals surface area (Å²) >= 11 is 0. The van der Waals surface area contributed by atoms with Crippen molar-refractivity contribution >= 4 is 0 Å². The van der Waals surface area contributed by atoms with Crippen molar-refractivity contribution in [1.82, 2.24) is 0 Å². The summed E-state index contributed by atoms with van der Waals surface area (Å²) in [4.78, 5) is 0. The van der Waals surface area contributed by atoms with Crippen LogP contribution in [0.3, 0.4) is 0 Å². The van der Waals surface area contributed by atoms with Crippen LogP contribution in [0.15, 0.2) is 24.3 Å². The summed E-state index contributed by atoms with van der Waals surface area (Å²) in [6.45, 7) is 2.89. The lowest BCUT2D eigenvalue weighted by atomic mass is 9.99. The predicted molar refractivity (Wildman–Crippen MR) is 44.7 cm³/mol. The fourth-order valence-corrected chi connectivity index (χ4v) is 1.46. The van der Waals surface area contributed by atoms with Gasteiger partial charge in [-0.3, -0.25) is 0 Å². The van der Waals surface area contributed by atoms with Gasteiger partial charge in [-0.05, 0) is 11.6 Å². The zero-order valence-corrected chi connectivity index (χ0v) is 6.58. The summed E-state index contributed by atoms with van der Waals surface area (Å²) in [7, 11) is 0. The molecule has 11 heavy (non-hydrogen) atoms. The first-order valence-electron chi connectivity index (χ1n) is 3.93. The number of benzene rings is 1. The van der Waals surface area contributed by atoms with Gasteiger partial charge in [-0.25, -0.2) is 0 Å². The van der Waals surface area contributed by atoms with Crippen molar-refractivity contribution < 1.29 is 4.74 Å². The van der Waals surface area contributed by atoms with E-state index in [2.05, 4.69) is 25.5 Å². The molecule has 0 bridgehead atoms. The van der Waals surface area contributed by atoms with Crippen LogP contribution in [0.2, 0.25) is 0 Å². The van der Waals surface area contributed by atoms with Crippen molar-refractivity contribution in [3.8, 4) is 5.75 Å². The van der Waals surface area contributed by atoms with Crippen molar-refractivity contribution in [2.45, 2.75) is 12.8 Å². The molecule has 1 nitrogen and oxygen atoms in total. The minimum atomic E-state index is 0.506. The third-order valence-corrected chi connectivity index (χ3v) is 2.14. The molecule has 0 aromatic heterocycles. The maximum atomic E-state index is 5.47. The van der Waals surface area contributed by atoms with Gasteiger partial charge in [0, 0.05) is 0 Å². The highest BCUT2D eigenvalue weighted by atomic mass is 16.5. The van der Waals surface area contributed by atoms with E-state index in [0.29, 0.717) is 5.92 Å². The van der Waals surface area contributed by atoms with Crippen molar-refractivity contribution in [2.24, 2.45) is 0 Å². The molecule has 1 aliphatic heterocycles. The average molecular weight is 147 g/mol. The minimum absolute atomic E-state index is 0.506. The van der Waals surface area contributed by atoms with Gasteiger partial charge in [-0.2, -0.15) is 6.92 Å². The molecule has 0 spiro atoms. The van der Waals surface area contributed by atoms with Gasteiger partial charge in [0.25, 0.3) is 0 Å². The molecular formula is C10H11O-. The predicted octanol–water partition coefficient (Wildman–Crippen LogP) is 2.39. The Bertz CT molecular complexity index is 255. The number of ether oxygens (including phenoxy) is 1. The third-order valence-electron chi connectivity index (χ3n) is 2.14. The number of hydrogen-bond acceptors (Lipinski definition) is 1. The summed E-state index contributed by atoms with van der Waals surface area (Å²) < 4.78 is 5.47. The van der Waals surface area contributed by atoms with Gasteiger partial charge in [0.1, 0.15) is 5.75 Å². The Kier molecular flexibility index (Phi) is 1.57. The van der Waals surface area contributed by atoms with Crippen LogP contribution in [0.1, 0.15) is 18.4 Å². The van der Waals surface area contributed by atoms with Gasteiger partial charge in [0.15, 0.2) is 0 Å². The van der Waals surface area contributed by atoms with E-state index in [1.54, 1.807) is 0 Å². The Morgan fingerprint density at radius 1 is 1.45 bits per heavy atom. The zero-order valence-electron chi connectivity index (χ0n) is 6.58. The van der Waals surface area contributed by atoms with E-state index in [9.17, 15) is 0 Å². The molecule has 0 fully saturated rings. The first-order valence-corrected chi connectivity index (χ1v) is 3.93. The molecule has 0 aliphatic carbocycles. The second kappa shape index (κ2) is 2.57. The van der Waals surface area contributed by atoms with Crippen LogP contribution < -0.4 is 4.74 Å². The Morgan fingerprint density at radius 2 is 2.27 bits per heavy atom. The molecule has 1 unspecified atom stereocenters. The summed E-state index contributed by atoms with van der Waals surface area (Å²) in [6, 6.07) is 8.23. The van der Waals surface area contributed by atoms with Crippen LogP contribution in [0.25, 0.3) is 0 Å². The SMILES string of the molecule is C[CH-]C1COc2ccccc21. The molecule has 2 rings (SSSR count). The van der Waals surface area contributed by atoms with Crippen LogP contribution in [-0.2, 0) is 0 Å². The topological polar surface area (TPSA) is 9.23 Å². The molecular weight excluding hydrogens is 136 g/mol. The van der Waals surface area contributed by atoms with E-state index in [-0.39, 0.29) is 0 Å². The Hall–Kier alpha value is -0.980. The second-order valence-electron chi connectivity index (χ2n) is 2.79. The Balaban J connectivity index is 2.39. The number of fused-ring (bicyclic) bond motifs is 1. The van der Waals surface area contributed by atoms with Crippen LogP contribution >= 0.6 is 0 Å². The number of rotatable bonds is 1. The van der Waals surface area contributed by atoms with Gasteiger partial charge in [-0.1, -0.05) is 18.2 Å². The molecule has 0 amide bonds. The molecule has 0 N–H and O–H groups in total. The Morgan fingerprint density at radius 3 is 3.09 bits per heavy atom. The first-order chi connectivity index (χ1) is 5.42. The summed E-state index contributed by atoms with van der Waals surface area (Å²) in [5.74, 6) is 1.56. The first kappa shape index (κ1) is 6.71. The summed E-state index contributed by atoms with van der Waals surface area (Å²) in [5.41, 5.74) is 1.33. The molecule has 58 valence electrons. The average Bonchev–Trinajstić information content (AvgIpc) is 2.47. The van der Waals surface area contributed by atoms with E-state index in [1.165, 1.54) is 5.56 Å². The molecule has 0 radical (unpaired) electrons. The maximum Gasteiger partial charge on any atom is 0.120 e. The van der Waals surface area contributed by atoms with Crippen LogP contribution in [0, 0.1) is 6.42 Å². The van der Waals surface area contributed by atoms with E-state index in [1.807, 2.05) is 12.1 Å². The molecule has 1 heterocycles. The van der Waals surface area contributed by atoms with Gasteiger partial charge in [0.2, 0.25) is 0 Å². The Labute approximate surface area is 67.0 Å². The standard InChI is InChI=1S/C10H11O/c1-2-8-7-11-10-6-4-3-5-9(8)10/h2-6,8H,7H2,1H3/q-1. The monoisotopic (exact) mass is 147 g/mol. The normalized spacial score (nSPS) is 21.0. The quantitative estimate of drug-likeness (QED) is 0.554. The lowest BCUT2D eigenvalue weighted by Crippen LogP contribution is -1.98. The van der Waals surface area contributed by atoms with Gasteiger partial charge < -0.3 is 11.2 Å². The molecule has 0 saturated carbocycles. The summed E-state index contributed by atoms with van der Waals surface area (Å²) in [6.07, 6.45) is 2.19. The lowest BCUT2D eigenvalue weighted by molar-refractivity contribution is 0.341. The molecule has 1 aliphatic rings.